The van der Waals surface area contributed by atoms with Gasteiger partial charge in [-0.2, -0.15) is 4.31 Å². The van der Waals surface area contributed by atoms with Crippen LogP contribution in [0.25, 0.3) is 0 Å². The van der Waals surface area contributed by atoms with E-state index in [1.165, 1.54) is 35.6 Å². The number of rotatable bonds is 5. The first-order valence-corrected chi connectivity index (χ1v) is 9.60. The maximum atomic E-state index is 12.4. The van der Waals surface area contributed by atoms with Crippen LogP contribution in [0, 0.1) is 6.92 Å². The molecule has 0 radical (unpaired) electrons. The molecule has 7 heteroatoms. The van der Waals surface area contributed by atoms with Crippen molar-refractivity contribution in [3.63, 3.8) is 0 Å². The zero-order valence-electron chi connectivity index (χ0n) is 14.6. The molecule has 1 amide bonds. The molecule has 2 aromatic carbocycles. The van der Waals surface area contributed by atoms with Crippen LogP contribution in [0.2, 0.25) is 5.02 Å². The zero-order valence-corrected chi connectivity index (χ0v) is 16.1. The molecule has 134 valence electrons. The number of aryl methyl sites for hydroxylation is 1. The Hall–Kier alpha value is -1.89. The van der Waals surface area contributed by atoms with E-state index in [2.05, 4.69) is 5.32 Å². The van der Waals surface area contributed by atoms with Gasteiger partial charge in [0, 0.05) is 29.4 Å². The summed E-state index contributed by atoms with van der Waals surface area (Å²) in [5.74, 6) is -0.313. The van der Waals surface area contributed by atoms with Crippen LogP contribution in [0.1, 0.15) is 29.8 Å². The fraction of sp³-hybridized carbons (Fsp3) is 0.278. The molecule has 0 saturated heterocycles. The van der Waals surface area contributed by atoms with E-state index in [9.17, 15) is 13.2 Å². The van der Waals surface area contributed by atoms with Gasteiger partial charge in [0.1, 0.15) is 0 Å². The number of nitrogens with zero attached hydrogens (tertiary/aromatic N) is 1. The maximum Gasteiger partial charge on any atom is 0.255 e. The van der Waals surface area contributed by atoms with Gasteiger partial charge in [-0.25, -0.2) is 8.42 Å². The molecule has 0 spiro atoms. The van der Waals surface area contributed by atoms with Crippen LogP contribution in [0.3, 0.4) is 0 Å². The lowest BCUT2D eigenvalue weighted by Crippen LogP contribution is -2.33. The lowest BCUT2D eigenvalue weighted by atomic mass is 10.1. The van der Waals surface area contributed by atoms with Gasteiger partial charge in [0.15, 0.2) is 0 Å². The van der Waals surface area contributed by atoms with Gasteiger partial charge in [-0.1, -0.05) is 11.6 Å². The zero-order chi connectivity index (χ0) is 18.8. The fourth-order valence-electron chi connectivity index (χ4n) is 2.18. The standard InChI is InChI=1S/C18H21ClN2O3S/c1-12(2)21(4)25(23,24)16-8-5-14(6-9-16)18(22)20-17-10-7-15(19)11-13(17)3/h5-12H,1-4H3,(H,20,22). The normalized spacial score (nSPS) is 11.8. The Bertz CT molecular complexity index is 878. The molecular formula is C18H21ClN2O3S. The predicted octanol–water partition coefficient (Wildman–Crippen LogP) is 3.93. The number of carbonyl (C=O) groups excluding carboxylic acids is 1. The third-order valence-electron chi connectivity index (χ3n) is 3.96. The minimum Gasteiger partial charge on any atom is -0.322 e. The van der Waals surface area contributed by atoms with E-state index in [0.29, 0.717) is 16.3 Å². The third kappa shape index (κ3) is 4.39. The molecule has 0 bridgehead atoms. The number of amides is 1. The van der Waals surface area contributed by atoms with Gasteiger partial charge in [0.25, 0.3) is 5.91 Å². The largest absolute Gasteiger partial charge is 0.322 e. The van der Waals surface area contributed by atoms with E-state index < -0.39 is 10.0 Å². The van der Waals surface area contributed by atoms with E-state index in [0.717, 1.165) is 5.56 Å². The Morgan fingerprint density at radius 3 is 2.24 bits per heavy atom. The van der Waals surface area contributed by atoms with Crippen molar-refractivity contribution in [2.75, 3.05) is 12.4 Å². The highest BCUT2D eigenvalue weighted by Crippen LogP contribution is 2.21. The number of hydrogen-bond donors (Lipinski definition) is 1. The SMILES string of the molecule is Cc1cc(Cl)ccc1NC(=O)c1ccc(S(=O)(=O)N(C)C(C)C)cc1. The summed E-state index contributed by atoms with van der Waals surface area (Å²) in [6.45, 7) is 5.44. The lowest BCUT2D eigenvalue weighted by molar-refractivity contribution is 0.102. The van der Waals surface area contributed by atoms with Gasteiger partial charge >= 0.3 is 0 Å². The number of sulfonamides is 1. The van der Waals surface area contributed by atoms with Gasteiger partial charge in [0.2, 0.25) is 10.0 Å². The summed E-state index contributed by atoms with van der Waals surface area (Å²) in [5, 5.41) is 3.39. The summed E-state index contributed by atoms with van der Waals surface area (Å²) < 4.78 is 26.2. The molecule has 1 N–H and O–H groups in total. The van der Waals surface area contributed by atoms with Crippen molar-refractivity contribution in [2.45, 2.75) is 31.7 Å². The molecule has 0 unspecified atom stereocenters. The molecule has 0 heterocycles. The number of halogens is 1. The van der Waals surface area contributed by atoms with Crippen molar-refractivity contribution in [3.8, 4) is 0 Å². The number of carbonyl (C=O) groups is 1. The second-order valence-corrected chi connectivity index (χ2v) is 8.49. The smallest absolute Gasteiger partial charge is 0.255 e. The molecule has 25 heavy (non-hydrogen) atoms. The predicted molar refractivity (Wildman–Crippen MR) is 101 cm³/mol. The van der Waals surface area contributed by atoms with E-state index in [1.807, 2.05) is 6.92 Å². The van der Waals surface area contributed by atoms with Crippen LogP contribution in [-0.4, -0.2) is 31.7 Å². The van der Waals surface area contributed by atoms with Gasteiger partial charge in [-0.05, 0) is 68.8 Å². The van der Waals surface area contributed by atoms with Gasteiger partial charge in [0.05, 0.1) is 4.90 Å². The summed E-state index contributed by atoms with van der Waals surface area (Å²) in [5.41, 5.74) is 1.88. The molecule has 2 rings (SSSR count). The molecule has 0 atom stereocenters. The van der Waals surface area contributed by atoms with Crippen LogP contribution < -0.4 is 5.32 Å². The average Bonchev–Trinajstić information content (AvgIpc) is 2.56. The van der Waals surface area contributed by atoms with Crippen LogP contribution in [0.4, 0.5) is 5.69 Å². The van der Waals surface area contributed by atoms with Gasteiger partial charge in [-0.3, -0.25) is 4.79 Å². The summed E-state index contributed by atoms with van der Waals surface area (Å²) in [4.78, 5) is 12.5. The number of nitrogens with one attached hydrogen (secondary N) is 1. The van der Waals surface area contributed by atoms with Gasteiger partial charge < -0.3 is 5.32 Å². The molecule has 0 aliphatic rings. The minimum absolute atomic E-state index is 0.152. The molecule has 2 aromatic rings. The molecule has 0 aliphatic heterocycles. The maximum absolute atomic E-state index is 12.4. The monoisotopic (exact) mass is 380 g/mol. The highest BCUT2D eigenvalue weighted by Gasteiger charge is 2.23. The molecule has 5 nitrogen and oxygen atoms in total. The highest BCUT2D eigenvalue weighted by molar-refractivity contribution is 7.89. The third-order valence-corrected chi connectivity index (χ3v) is 6.24. The van der Waals surface area contributed by atoms with Crippen LogP contribution >= 0.6 is 11.6 Å². The van der Waals surface area contributed by atoms with E-state index in [-0.39, 0.29) is 16.8 Å². The average molecular weight is 381 g/mol. The van der Waals surface area contributed by atoms with E-state index >= 15 is 0 Å². The number of benzene rings is 2. The number of anilines is 1. The van der Waals surface area contributed by atoms with E-state index in [1.54, 1.807) is 32.0 Å². The van der Waals surface area contributed by atoms with E-state index in [4.69, 9.17) is 11.6 Å². The Morgan fingerprint density at radius 2 is 1.72 bits per heavy atom. The Balaban J connectivity index is 2.21. The van der Waals surface area contributed by atoms with Crippen LogP contribution in [0.5, 0.6) is 0 Å². The molecule has 0 aromatic heterocycles. The van der Waals surface area contributed by atoms with Crippen molar-refractivity contribution < 1.29 is 13.2 Å². The van der Waals surface area contributed by atoms with Crippen molar-refractivity contribution in [3.05, 3.63) is 58.6 Å². The topological polar surface area (TPSA) is 66.5 Å². The summed E-state index contributed by atoms with van der Waals surface area (Å²) in [7, 11) is -2.03. The Morgan fingerprint density at radius 1 is 1.12 bits per heavy atom. The van der Waals surface area contributed by atoms with Gasteiger partial charge in [-0.15, -0.1) is 0 Å². The molecule has 0 aliphatic carbocycles. The van der Waals surface area contributed by atoms with Crippen molar-refractivity contribution in [1.82, 2.24) is 4.31 Å². The fourth-order valence-corrected chi connectivity index (χ4v) is 3.78. The second kappa shape index (κ2) is 7.56. The van der Waals surface area contributed by atoms with Crippen molar-refractivity contribution in [2.24, 2.45) is 0 Å². The second-order valence-electron chi connectivity index (χ2n) is 6.05. The first kappa shape index (κ1) is 19.4. The lowest BCUT2D eigenvalue weighted by Gasteiger charge is -2.21. The molecular weight excluding hydrogens is 360 g/mol. The summed E-state index contributed by atoms with van der Waals surface area (Å²) >= 11 is 5.90. The highest BCUT2D eigenvalue weighted by atomic mass is 35.5. The number of hydrogen-bond acceptors (Lipinski definition) is 3. The first-order chi connectivity index (χ1) is 11.6. The summed E-state index contributed by atoms with van der Waals surface area (Å²) in [6.07, 6.45) is 0. The van der Waals surface area contributed by atoms with Crippen LogP contribution in [-0.2, 0) is 10.0 Å². The van der Waals surface area contributed by atoms with Crippen LogP contribution in [0.15, 0.2) is 47.4 Å². The van der Waals surface area contributed by atoms with Crippen molar-refractivity contribution in [1.29, 1.82) is 0 Å². The first-order valence-electron chi connectivity index (χ1n) is 7.78. The quantitative estimate of drug-likeness (QED) is 0.854. The minimum atomic E-state index is -3.56. The summed E-state index contributed by atoms with van der Waals surface area (Å²) in [6, 6.07) is 10.9. The molecule has 0 fully saturated rings. The van der Waals surface area contributed by atoms with Crippen molar-refractivity contribution >= 4 is 33.2 Å². The molecule has 0 saturated carbocycles. The Kier molecular flexibility index (Phi) is 5.87. The Labute approximate surface area is 153 Å².